The maximum Gasteiger partial charge on any atom is 0.265 e. The number of ether oxygens (including phenoxy) is 2. The topological polar surface area (TPSA) is 47.6 Å². The molecule has 0 aliphatic rings. The van der Waals surface area contributed by atoms with Crippen LogP contribution in [0.5, 0.6) is 17.2 Å². The van der Waals surface area contributed by atoms with Gasteiger partial charge < -0.3 is 14.8 Å². The SMILES string of the molecule is C[C@H](Oc1ccc(F)cc1)C(=O)Nc1ccc(Oc2ccccc2)cc1. The number of nitrogens with one attached hydrogen (secondary N) is 1. The highest BCUT2D eigenvalue weighted by Crippen LogP contribution is 2.23. The first-order valence-corrected chi connectivity index (χ1v) is 8.16. The molecule has 1 amide bonds. The number of para-hydroxylation sites is 1. The number of anilines is 1. The molecule has 0 radical (unpaired) electrons. The normalized spacial score (nSPS) is 11.5. The summed E-state index contributed by atoms with van der Waals surface area (Å²) < 4.78 is 24.1. The lowest BCUT2D eigenvalue weighted by molar-refractivity contribution is -0.122. The minimum Gasteiger partial charge on any atom is -0.481 e. The monoisotopic (exact) mass is 351 g/mol. The van der Waals surface area contributed by atoms with Crippen molar-refractivity contribution in [1.82, 2.24) is 0 Å². The highest BCUT2D eigenvalue weighted by atomic mass is 19.1. The lowest BCUT2D eigenvalue weighted by Gasteiger charge is -2.15. The van der Waals surface area contributed by atoms with Gasteiger partial charge >= 0.3 is 0 Å². The average Bonchev–Trinajstić information content (AvgIpc) is 2.66. The first-order valence-electron chi connectivity index (χ1n) is 8.16. The predicted octanol–water partition coefficient (Wildman–Crippen LogP) is 5.02. The van der Waals surface area contributed by atoms with Crippen LogP contribution < -0.4 is 14.8 Å². The molecule has 0 aliphatic carbocycles. The molecule has 3 rings (SSSR count). The van der Waals surface area contributed by atoms with Gasteiger partial charge in [0.1, 0.15) is 23.1 Å². The van der Waals surface area contributed by atoms with Crippen molar-refractivity contribution in [2.24, 2.45) is 0 Å². The van der Waals surface area contributed by atoms with Gasteiger partial charge in [-0.15, -0.1) is 0 Å². The summed E-state index contributed by atoms with van der Waals surface area (Å²) in [5.41, 5.74) is 0.630. The summed E-state index contributed by atoms with van der Waals surface area (Å²) in [5, 5.41) is 2.77. The van der Waals surface area contributed by atoms with Crippen molar-refractivity contribution < 1.29 is 18.7 Å². The summed E-state index contributed by atoms with van der Waals surface area (Å²) >= 11 is 0. The Bertz CT molecular complexity index is 849. The molecule has 0 spiro atoms. The summed E-state index contributed by atoms with van der Waals surface area (Å²) in [6.07, 6.45) is -0.722. The second kappa shape index (κ2) is 8.16. The molecule has 1 N–H and O–H groups in total. The van der Waals surface area contributed by atoms with E-state index in [1.54, 1.807) is 31.2 Å². The maximum absolute atomic E-state index is 12.9. The number of amides is 1. The van der Waals surface area contributed by atoms with Crippen LogP contribution in [-0.4, -0.2) is 12.0 Å². The first kappa shape index (κ1) is 17.5. The zero-order valence-corrected chi connectivity index (χ0v) is 14.2. The zero-order chi connectivity index (χ0) is 18.4. The third-order valence-corrected chi connectivity index (χ3v) is 3.60. The molecule has 5 heteroatoms. The number of carbonyl (C=O) groups excluding carboxylic acids is 1. The van der Waals surface area contributed by atoms with Crippen molar-refractivity contribution in [3.63, 3.8) is 0 Å². The van der Waals surface area contributed by atoms with Gasteiger partial charge in [-0.3, -0.25) is 4.79 Å². The average molecular weight is 351 g/mol. The van der Waals surface area contributed by atoms with Crippen molar-refractivity contribution in [1.29, 1.82) is 0 Å². The Hall–Kier alpha value is -3.34. The highest BCUT2D eigenvalue weighted by Gasteiger charge is 2.15. The summed E-state index contributed by atoms with van der Waals surface area (Å²) in [7, 11) is 0. The summed E-state index contributed by atoms with van der Waals surface area (Å²) in [6, 6.07) is 22.0. The fraction of sp³-hybridized carbons (Fsp3) is 0.0952. The minimum atomic E-state index is -0.722. The van der Waals surface area contributed by atoms with Gasteiger partial charge in [-0.1, -0.05) is 18.2 Å². The van der Waals surface area contributed by atoms with Crippen LogP contribution in [-0.2, 0) is 4.79 Å². The third kappa shape index (κ3) is 4.83. The molecule has 26 heavy (non-hydrogen) atoms. The van der Waals surface area contributed by atoms with Crippen molar-refractivity contribution in [3.05, 3.63) is 84.7 Å². The van der Waals surface area contributed by atoms with Gasteiger partial charge in [0.05, 0.1) is 0 Å². The molecule has 0 saturated heterocycles. The van der Waals surface area contributed by atoms with E-state index in [4.69, 9.17) is 9.47 Å². The molecule has 1 atom stereocenters. The van der Waals surface area contributed by atoms with Gasteiger partial charge in [-0.05, 0) is 67.6 Å². The van der Waals surface area contributed by atoms with Crippen LogP contribution in [0.1, 0.15) is 6.92 Å². The largest absolute Gasteiger partial charge is 0.481 e. The Labute approximate surface area is 151 Å². The van der Waals surface area contributed by atoms with Crippen LogP contribution in [0, 0.1) is 5.82 Å². The number of carbonyl (C=O) groups is 1. The number of rotatable bonds is 6. The Balaban J connectivity index is 1.56. The molecule has 3 aromatic rings. The molecule has 0 fully saturated rings. The zero-order valence-electron chi connectivity index (χ0n) is 14.2. The van der Waals surface area contributed by atoms with E-state index in [1.165, 1.54) is 24.3 Å². The van der Waals surface area contributed by atoms with Crippen molar-refractivity contribution in [3.8, 4) is 17.2 Å². The van der Waals surface area contributed by atoms with Gasteiger partial charge in [-0.25, -0.2) is 4.39 Å². The molecule has 0 saturated carbocycles. The van der Waals surface area contributed by atoms with Gasteiger partial charge in [0.2, 0.25) is 0 Å². The van der Waals surface area contributed by atoms with E-state index in [0.29, 0.717) is 17.2 Å². The van der Waals surface area contributed by atoms with E-state index in [0.717, 1.165) is 5.75 Å². The summed E-state index contributed by atoms with van der Waals surface area (Å²) in [5.74, 6) is 1.19. The van der Waals surface area contributed by atoms with Crippen molar-refractivity contribution in [2.45, 2.75) is 13.0 Å². The fourth-order valence-electron chi connectivity index (χ4n) is 2.25. The lowest BCUT2D eigenvalue weighted by Crippen LogP contribution is -2.30. The van der Waals surface area contributed by atoms with Crippen LogP contribution in [0.2, 0.25) is 0 Å². The predicted molar refractivity (Wildman–Crippen MR) is 98.1 cm³/mol. The Morgan fingerprint density at radius 2 is 1.42 bits per heavy atom. The van der Waals surface area contributed by atoms with Gasteiger partial charge in [0.15, 0.2) is 6.10 Å². The summed E-state index contributed by atoms with van der Waals surface area (Å²) in [6.45, 7) is 1.63. The minimum absolute atomic E-state index is 0.300. The molecular formula is C21H18FNO3. The molecule has 0 heterocycles. The molecular weight excluding hydrogens is 333 g/mol. The lowest BCUT2D eigenvalue weighted by atomic mass is 10.2. The Morgan fingerprint density at radius 1 is 0.846 bits per heavy atom. The van der Waals surface area contributed by atoms with Crippen LogP contribution in [0.4, 0.5) is 10.1 Å². The van der Waals surface area contributed by atoms with Gasteiger partial charge in [0.25, 0.3) is 5.91 Å². The number of halogens is 1. The smallest absolute Gasteiger partial charge is 0.265 e. The number of benzene rings is 3. The molecule has 0 bridgehead atoms. The van der Waals surface area contributed by atoms with Crippen LogP contribution in [0.25, 0.3) is 0 Å². The number of hydrogen-bond acceptors (Lipinski definition) is 3. The van der Waals surface area contributed by atoms with E-state index in [-0.39, 0.29) is 11.7 Å². The van der Waals surface area contributed by atoms with Gasteiger partial charge in [0, 0.05) is 5.69 Å². The maximum atomic E-state index is 12.9. The molecule has 3 aromatic carbocycles. The molecule has 0 unspecified atom stereocenters. The number of hydrogen-bond donors (Lipinski definition) is 1. The van der Waals surface area contributed by atoms with Gasteiger partial charge in [-0.2, -0.15) is 0 Å². The quantitative estimate of drug-likeness (QED) is 0.678. The molecule has 132 valence electrons. The summed E-state index contributed by atoms with van der Waals surface area (Å²) in [4.78, 5) is 12.2. The van der Waals surface area contributed by atoms with E-state index in [1.807, 2.05) is 30.3 Å². The van der Waals surface area contributed by atoms with E-state index >= 15 is 0 Å². The van der Waals surface area contributed by atoms with Crippen LogP contribution in [0.3, 0.4) is 0 Å². The molecule has 0 aromatic heterocycles. The highest BCUT2D eigenvalue weighted by molar-refractivity contribution is 5.94. The molecule has 4 nitrogen and oxygen atoms in total. The fourth-order valence-corrected chi connectivity index (χ4v) is 2.25. The Morgan fingerprint density at radius 3 is 2.08 bits per heavy atom. The van der Waals surface area contributed by atoms with Crippen molar-refractivity contribution in [2.75, 3.05) is 5.32 Å². The van der Waals surface area contributed by atoms with E-state index in [9.17, 15) is 9.18 Å². The first-order chi connectivity index (χ1) is 12.6. The van der Waals surface area contributed by atoms with Crippen molar-refractivity contribution >= 4 is 11.6 Å². The van der Waals surface area contributed by atoms with Crippen LogP contribution in [0.15, 0.2) is 78.9 Å². The van der Waals surface area contributed by atoms with E-state index in [2.05, 4.69) is 5.32 Å². The Kier molecular flexibility index (Phi) is 5.49. The van der Waals surface area contributed by atoms with E-state index < -0.39 is 6.10 Å². The van der Waals surface area contributed by atoms with Crippen LogP contribution >= 0.6 is 0 Å². The standard InChI is InChI=1S/C21H18FNO3/c1-15(25-19-11-7-16(22)8-12-19)21(24)23-17-9-13-20(14-10-17)26-18-5-3-2-4-6-18/h2-15H,1H3,(H,23,24)/t15-/m0/s1. The second-order valence-electron chi connectivity index (χ2n) is 5.64. The second-order valence-corrected chi connectivity index (χ2v) is 5.64. The molecule has 0 aliphatic heterocycles. The third-order valence-electron chi connectivity index (χ3n) is 3.60.